The predicted molar refractivity (Wildman–Crippen MR) is 91.7 cm³/mol. The molecule has 0 amide bonds. The van der Waals surface area contributed by atoms with Crippen LogP contribution in [0.25, 0.3) is 11.3 Å². The highest BCUT2D eigenvalue weighted by Crippen LogP contribution is 2.21. The van der Waals surface area contributed by atoms with Gasteiger partial charge in [-0.2, -0.15) is 14.3 Å². The normalized spacial score (nSPS) is 11.3. The number of halogens is 1. The number of aromatic nitrogens is 2. The van der Waals surface area contributed by atoms with E-state index < -0.39 is 17.5 Å². The Morgan fingerprint density at radius 1 is 1.27 bits per heavy atom. The summed E-state index contributed by atoms with van der Waals surface area (Å²) >= 11 is 0. The highest BCUT2D eigenvalue weighted by molar-refractivity contribution is 5.80. The molecule has 0 spiro atoms. The van der Waals surface area contributed by atoms with Crippen LogP contribution in [0.4, 0.5) is 4.39 Å². The van der Waals surface area contributed by atoms with E-state index in [1.165, 1.54) is 18.3 Å². The maximum Gasteiger partial charge on any atom is 0.358 e. The Morgan fingerprint density at radius 2 is 2.00 bits per heavy atom. The lowest BCUT2D eigenvalue weighted by Gasteiger charge is -1.98. The van der Waals surface area contributed by atoms with Crippen molar-refractivity contribution in [1.82, 2.24) is 9.24 Å². The van der Waals surface area contributed by atoms with Crippen molar-refractivity contribution in [2.24, 2.45) is 10.8 Å². The summed E-state index contributed by atoms with van der Waals surface area (Å²) in [5, 5.41) is 13.6. The van der Waals surface area contributed by atoms with Crippen LogP contribution in [0.5, 0.6) is 5.88 Å². The molecule has 1 aromatic carbocycles. The highest BCUT2D eigenvalue weighted by atomic mass is 19.1. The average Bonchev–Trinajstić information content (AvgIpc) is 3.18. The molecule has 0 aliphatic heterocycles. The number of benzene rings is 1. The van der Waals surface area contributed by atoms with Crippen molar-refractivity contribution in [1.29, 1.82) is 0 Å². The third-order valence-electron chi connectivity index (χ3n) is 3.53. The first kappa shape index (κ1) is 17.4. The molecule has 134 valence electrons. The van der Waals surface area contributed by atoms with Gasteiger partial charge in [0.2, 0.25) is 11.8 Å². The molecule has 0 aliphatic rings. The van der Waals surface area contributed by atoms with Crippen molar-refractivity contribution in [2.75, 3.05) is 6.54 Å². The summed E-state index contributed by atoms with van der Waals surface area (Å²) < 4.78 is 19.9. The van der Waals surface area contributed by atoms with Crippen LogP contribution >= 0.6 is 0 Å². The van der Waals surface area contributed by atoms with E-state index in [4.69, 9.17) is 10.2 Å². The molecule has 2 heterocycles. The van der Waals surface area contributed by atoms with Crippen molar-refractivity contribution < 1.29 is 18.7 Å². The number of carbonyl (C=O) groups is 1. The molecule has 0 saturated heterocycles. The van der Waals surface area contributed by atoms with Gasteiger partial charge in [0.25, 0.3) is 0 Å². The Kier molecular flexibility index (Phi) is 4.81. The first-order chi connectivity index (χ1) is 12.5. The lowest BCUT2D eigenvalue weighted by atomic mass is 10.2. The second kappa shape index (κ2) is 7.19. The standard InChI is InChI=1S/C17H15FN4O4/c18-12-3-1-11(2-4-12)14-6-5-13(26-14)9-20-21-10-16(24)22(17(21)25)15(23)7-8-19/h1-6,9-10,24H,7-8,19H2. The summed E-state index contributed by atoms with van der Waals surface area (Å²) in [5.74, 6) is -0.679. The number of nitrogens with zero attached hydrogens (tertiary/aromatic N) is 3. The molecule has 2 aromatic heterocycles. The molecule has 8 nitrogen and oxygen atoms in total. The molecule has 0 saturated carbocycles. The molecule has 3 rings (SSSR count). The van der Waals surface area contributed by atoms with Gasteiger partial charge in [-0.3, -0.25) is 4.79 Å². The Balaban J connectivity index is 1.83. The summed E-state index contributed by atoms with van der Waals surface area (Å²) in [7, 11) is 0. The summed E-state index contributed by atoms with van der Waals surface area (Å²) in [6, 6.07) is 9.06. The van der Waals surface area contributed by atoms with Crippen molar-refractivity contribution in [3.05, 3.63) is 64.7 Å². The van der Waals surface area contributed by atoms with E-state index in [0.717, 1.165) is 10.9 Å². The number of hydrogen-bond acceptors (Lipinski definition) is 6. The Bertz CT molecular complexity index is 1010. The van der Waals surface area contributed by atoms with Gasteiger partial charge in [0, 0.05) is 18.5 Å². The largest absolute Gasteiger partial charge is 0.493 e. The molecule has 3 N–H and O–H groups in total. The second-order valence-electron chi connectivity index (χ2n) is 5.34. The predicted octanol–water partition coefficient (Wildman–Crippen LogP) is 1.63. The molecule has 0 unspecified atom stereocenters. The fraction of sp³-hybridized carbons (Fsp3) is 0.118. The molecule has 9 heteroatoms. The number of hydrogen-bond donors (Lipinski definition) is 2. The molecule has 0 fully saturated rings. The first-order valence-electron chi connectivity index (χ1n) is 7.66. The monoisotopic (exact) mass is 358 g/mol. The van der Waals surface area contributed by atoms with Gasteiger partial charge in [0.1, 0.15) is 17.3 Å². The number of nitrogens with two attached hydrogens (primary N) is 1. The van der Waals surface area contributed by atoms with Crippen LogP contribution in [0.2, 0.25) is 0 Å². The van der Waals surface area contributed by atoms with Gasteiger partial charge in [0.05, 0.1) is 12.4 Å². The molecule has 26 heavy (non-hydrogen) atoms. The SMILES string of the molecule is NCCC(=O)n1c(O)cn(N=Cc2ccc(-c3ccc(F)cc3)o2)c1=O. The summed E-state index contributed by atoms with van der Waals surface area (Å²) in [6.07, 6.45) is 2.18. The van der Waals surface area contributed by atoms with Gasteiger partial charge in [-0.1, -0.05) is 0 Å². The van der Waals surface area contributed by atoms with Crippen LogP contribution in [-0.2, 0) is 0 Å². The Labute approximate surface area is 146 Å². The second-order valence-corrected chi connectivity index (χ2v) is 5.34. The van der Waals surface area contributed by atoms with Crippen molar-refractivity contribution >= 4 is 12.1 Å². The highest BCUT2D eigenvalue weighted by Gasteiger charge is 2.16. The zero-order chi connectivity index (χ0) is 18.7. The first-order valence-corrected chi connectivity index (χ1v) is 7.66. The van der Waals surface area contributed by atoms with Crippen LogP contribution in [0.1, 0.15) is 17.0 Å². The van der Waals surface area contributed by atoms with E-state index in [0.29, 0.717) is 21.7 Å². The number of carbonyl (C=O) groups excluding carboxylic acids is 1. The van der Waals surface area contributed by atoms with E-state index in [1.807, 2.05) is 0 Å². The quantitative estimate of drug-likeness (QED) is 0.673. The fourth-order valence-corrected chi connectivity index (χ4v) is 2.29. The fourth-order valence-electron chi connectivity index (χ4n) is 2.29. The maximum absolute atomic E-state index is 13.0. The minimum Gasteiger partial charge on any atom is -0.493 e. The van der Waals surface area contributed by atoms with E-state index in [1.54, 1.807) is 24.3 Å². The van der Waals surface area contributed by atoms with Gasteiger partial charge in [-0.25, -0.2) is 9.18 Å². The molecule has 0 radical (unpaired) electrons. The number of rotatable bonds is 5. The van der Waals surface area contributed by atoms with Crippen molar-refractivity contribution in [2.45, 2.75) is 6.42 Å². The zero-order valence-corrected chi connectivity index (χ0v) is 13.5. The maximum atomic E-state index is 13.0. The van der Waals surface area contributed by atoms with Gasteiger partial charge in [0.15, 0.2) is 0 Å². The zero-order valence-electron chi connectivity index (χ0n) is 13.5. The van der Waals surface area contributed by atoms with E-state index in [2.05, 4.69) is 5.10 Å². The molecule has 3 aromatic rings. The summed E-state index contributed by atoms with van der Waals surface area (Å²) in [5.41, 5.74) is 5.14. The van der Waals surface area contributed by atoms with Crippen LogP contribution in [-0.4, -0.2) is 33.0 Å². The molecule has 0 bridgehead atoms. The number of imidazole rings is 1. The third kappa shape index (κ3) is 3.47. The van der Waals surface area contributed by atoms with Crippen LogP contribution < -0.4 is 11.4 Å². The molecule has 0 aliphatic carbocycles. The van der Waals surface area contributed by atoms with Gasteiger partial charge in [-0.05, 0) is 36.4 Å². The van der Waals surface area contributed by atoms with Crippen molar-refractivity contribution in [3.8, 4) is 17.2 Å². The third-order valence-corrected chi connectivity index (χ3v) is 3.53. The van der Waals surface area contributed by atoms with Crippen LogP contribution in [0.15, 0.2) is 56.9 Å². The van der Waals surface area contributed by atoms with Gasteiger partial charge < -0.3 is 15.3 Å². The average molecular weight is 358 g/mol. The Morgan fingerprint density at radius 3 is 2.69 bits per heavy atom. The lowest BCUT2D eigenvalue weighted by molar-refractivity contribution is 0.0892. The summed E-state index contributed by atoms with van der Waals surface area (Å²) in [4.78, 5) is 23.9. The van der Waals surface area contributed by atoms with Crippen LogP contribution in [0.3, 0.4) is 0 Å². The van der Waals surface area contributed by atoms with Gasteiger partial charge >= 0.3 is 5.69 Å². The lowest BCUT2D eigenvalue weighted by Crippen LogP contribution is -2.28. The van der Waals surface area contributed by atoms with E-state index in [-0.39, 0.29) is 18.8 Å². The minimum atomic E-state index is -0.817. The Hall–Kier alpha value is -3.46. The smallest absolute Gasteiger partial charge is 0.358 e. The molecule has 0 atom stereocenters. The van der Waals surface area contributed by atoms with Gasteiger partial charge in [-0.15, -0.1) is 0 Å². The molecular weight excluding hydrogens is 343 g/mol. The van der Waals surface area contributed by atoms with E-state index >= 15 is 0 Å². The van der Waals surface area contributed by atoms with Crippen LogP contribution in [0, 0.1) is 5.82 Å². The number of furan rings is 1. The topological polar surface area (TPSA) is 116 Å². The minimum absolute atomic E-state index is 0.0533. The van der Waals surface area contributed by atoms with E-state index in [9.17, 15) is 19.1 Å². The molecular formula is C17H15FN4O4. The van der Waals surface area contributed by atoms with Crippen molar-refractivity contribution in [3.63, 3.8) is 0 Å². The number of aromatic hydroxyl groups is 1. The summed E-state index contributed by atoms with van der Waals surface area (Å²) in [6.45, 7) is 0.0533.